The van der Waals surface area contributed by atoms with Gasteiger partial charge in [-0.25, -0.2) is 0 Å². The lowest BCUT2D eigenvalue weighted by Crippen LogP contribution is -2.65. The lowest BCUT2D eigenvalue weighted by atomic mass is 9.97. The van der Waals surface area contributed by atoms with Crippen molar-refractivity contribution in [1.29, 1.82) is 0 Å². The van der Waals surface area contributed by atoms with Crippen LogP contribution in [0.1, 0.15) is 149 Å². The quantitative estimate of drug-likeness (QED) is 0.0480. The molecule has 0 aliphatic carbocycles. The number of aliphatic hydroxyl groups excluding tert-OH is 8. The Bertz CT molecular complexity index is 915. The zero-order valence-corrected chi connectivity index (χ0v) is 32.5. The molecule has 12 unspecified atom stereocenters. The van der Waals surface area contributed by atoms with Gasteiger partial charge in [-0.05, 0) is 6.42 Å². The predicted octanol–water partition coefficient (Wildman–Crippen LogP) is 2.70. The first-order chi connectivity index (χ1) is 25.5. The van der Waals surface area contributed by atoms with Gasteiger partial charge in [0, 0.05) is 6.92 Å². The van der Waals surface area contributed by atoms with E-state index in [1.165, 1.54) is 110 Å². The number of ether oxygens (including phenoxy) is 4. The Kier molecular flexibility index (Phi) is 25.8. The molecule has 14 heteroatoms. The second-order valence-electron chi connectivity index (χ2n) is 15.2. The number of aliphatic hydroxyl groups is 8. The van der Waals surface area contributed by atoms with Crippen LogP contribution < -0.4 is 5.32 Å². The van der Waals surface area contributed by atoms with Crippen LogP contribution in [-0.2, 0) is 23.7 Å². The minimum Gasteiger partial charge on any atom is -0.394 e. The minimum atomic E-state index is -1.77. The van der Waals surface area contributed by atoms with E-state index in [2.05, 4.69) is 12.2 Å². The molecule has 53 heavy (non-hydrogen) atoms. The molecule has 2 fully saturated rings. The van der Waals surface area contributed by atoms with Crippen molar-refractivity contribution in [3.63, 3.8) is 0 Å². The van der Waals surface area contributed by atoms with Crippen LogP contribution in [0.4, 0.5) is 0 Å². The molecule has 0 spiro atoms. The van der Waals surface area contributed by atoms with Gasteiger partial charge in [0.2, 0.25) is 5.91 Å². The van der Waals surface area contributed by atoms with Crippen LogP contribution in [0.5, 0.6) is 0 Å². The van der Waals surface area contributed by atoms with E-state index in [0.29, 0.717) is 6.42 Å². The molecule has 0 saturated carbocycles. The van der Waals surface area contributed by atoms with Crippen molar-refractivity contribution in [2.24, 2.45) is 0 Å². The van der Waals surface area contributed by atoms with Crippen molar-refractivity contribution in [2.75, 3.05) is 19.8 Å². The Hall–Kier alpha value is -1.01. The summed E-state index contributed by atoms with van der Waals surface area (Å²) in [7, 11) is 0. The molecule has 0 aromatic rings. The third kappa shape index (κ3) is 18.2. The molecule has 2 rings (SSSR count). The molecule has 0 aromatic heterocycles. The first kappa shape index (κ1) is 48.1. The Morgan fingerprint density at radius 1 is 0.604 bits per heavy atom. The van der Waals surface area contributed by atoms with E-state index in [9.17, 15) is 45.6 Å². The van der Waals surface area contributed by atoms with E-state index in [-0.39, 0.29) is 12.5 Å². The molecule has 2 aliphatic rings. The highest BCUT2D eigenvalue weighted by atomic mass is 16.7. The molecule has 14 nitrogen and oxygen atoms in total. The van der Waals surface area contributed by atoms with E-state index in [1.54, 1.807) is 0 Å². The van der Waals surface area contributed by atoms with Gasteiger partial charge in [0.1, 0.15) is 48.8 Å². The fourth-order valence-electron chi connectivity index (χ4n) is 7.21. The summed E-state index contributed by atoms with van der Waals surface area (Å²) in [5.74, 6) is -0.382. The van der Waals surface area contributed by atoms with Crippen molar-refractivity contribution >= 4 is 5.91 Å². The highest BCUT2D eigenvalue weighted by Crippen LogP contribution is 2.30. The summed E-state index contributed by atoms with van der Waals surface area (Å²) in [4.78, 5) is 11.9. The maximum Gasteiger partial charge on any atom is 0.217 e. The molecule has 0 aromatic carbocycles. The summed E-state index contributed by atoms with van der Waals surface area (Å²) < 4.78 is 22.2. The number of hydrogen-bond donors (Lipinski definition) is 9. The second-order valence-corrected chi connectivity index (χ2v) is 15.2. The normalized spacial score (nSPS) is 30.3. The zero-order chi connectivity index (χ0) is 39.0. The average Bonchev–Trinajstić information content (AvgIpc) is 3.14. The number of carbonyl (C=O) groups is 1. The van der Waals surface area contributed by atoms with Gasteiger partial charge in [-0.15, -0.1) is 0 Å². The molecule has 12 atom stereocenters. The molecular weight excluding hydrogens is 690 g/mol. The SMILES string of the molecule is CCCCCCCCCCCCCCCCCCCCCCC(O)C(COC1OC(CO)C(OC2OC(CO)C(O)C(O)C2O)C(O)C1O)NC(C)=O. The van der Waals surface area contributed by atoms with Gasteiger partial charge in [-0.2, -0.15) is 0 Å². The molecule has 0 bridgehead atoms. The van der Waals surface area contributed by atoms with Crippen LogP contribution in [0, 0.1) is 0 Å². The summed E-state index contributed by atoms with van der Waals surface area (Å²) in [5.41, 5.74) is 0. The number of nitrogens with one attached hydrogen (secondary N) is 1. The van der Waals surface area contributed by atoms with Crippen molar-refractivity contribution in [3.05, 3.63) is 0 Å². The smallest absolute Gasteiger partial charge is 0.217 e. The minimum absolute atomic E-state index is 0.259. The highest BCUT2D eigenvalue weighted by molar-refractivity contribution is 5.73. The predicted molar refractivity (Wildman–Crippen MR) is 199 cm³/mol. The van der Waals surface area contributed by atoms with Crippen molar-refractivity contribution in [1.82, 2.24) is 5.32 Å². The molecular formula is C39H75NO13. The van der Waals surface area contributed by atoms with E-state index in [4.69, 9.17) is 18.9 Å². The second kappa shape index (κ2) is 28.4. The Morgan fingerprint density at radius 3 is 1.49 bits per heavy atom. The zero-order valence-electron chi connectivity index (χ0n) is 32.5. The maximum atomic E-state index is 11.9. The summed E-state index contributed by atoms with van der Waals surface area (Å²) in [6, 6.07) is -0.823. The van der Waals surface area contributed by atoms with E-state index in [1.807, 2.05) is 0 Å². The van der Waals surface area contributed by atoms with Gasteiger partial charge in [0.05, 0.1) is 32.0 Å². The topological polar surface area (TPSA) is 228 Å². The first-order valence-electron chi connectivity index (χ1n) is 20.7. The fraction of sp³-hybridized carbons (Fsp3) is 0.974. The summed E-state index contributed by atoms with van der Waals surface area (Å²) >= 11 is 0. The first-order valence-corrected chi connectivity index (χ1v) is 20.7. The number of rotatable bonds is 30. The van der Waals surface area contributed by atoms with Crippen molar-refractivity contribution in [2.45, 2.75) is 222 Å². The standard InChI is InChI=1S/C39H75NO13/c1-3-4-5-6-7-8-9-10-11-12-13-14-15-16-17-18-19-20-21-22-23-29(44)28(40-27(2)43)26-50-38-36(49)34(47)37(31(25-42)52-38)53-39-35(48)33(46)32(45)30(24-41)51-39/h28-39,41-42,44-49H,3-26H2,1-2H3,(H,40,43). The summed E-state index contributed by atoms with van der Waals surface area (Å²) in [6.45, 7) is 1.92. The lowest BCUT2D eigenvalue weighted by molar-refractivity contribution is -0.359. The van der Waals surface area contributed by atoms with Gasteiger partial charge in [-0.1, -0.05) is 135 Å². The fourth-order valence-corrected chi connectivity index (χ4v) is 7.21. The third-order valence-electron chi connectivity index (χ3n) is 10.6. The molecule has 2 heterocycles. The van der Waals surface area contributed by atoms with Gasteiger partial charge < -0.3 is 65.1 Å². The van der Waals surface area contributed by atoms with Crippen LogP contribution in [0.15, 0.2) is 0 Å². The average molecular weight is 766 g/mol. The van der Waals surface area contributed by atoms with Gasteiger partial charge >= 0.3 is 0 Å². The van der Waals surface area contributed by atoms with Crippen LogP contribution >= 0.6 is 0 Å². The monoisotopic (exact) mass is 766 g/mol. The van der Waals surface area contributed by atoms with Gasteiger partial charge in [0.15, 0.2) is 12.6 Å². The molecule has 2 aliphatic heterocycles. The number of amides is 1. The Labute approximate surface area is 317 Å². The van der Waals surface area contributed by atoms with Gasteiger partial charge in [0.25, 0.3) is 0 Å². The maximum absolute atomic E-state index is 11.9. The van der Waals surface area contributed by atoms with Crippen LogP contribution in [-0.4, -0.2) is 140 Å². The number of unbranched alkanes of at least 4 members (excludes halogenated alkanes) is 19. The third-order valence-corrected chi connectivity index (χ3v) is 10.6. The number of carbonyl (C=O) groups excluding carboxylic acids is 1. The summed E-state index contributed by atoms with van der Waals surface area (Å²) in [5, 5.41) is 85.0. The molecule has 314 valence electrons. The lowest BCUT2D eigenvalue weighted by Gasteiger charge is -2.46. The van der Waals surface area contributed by atoms with Crippen LogP contribution in [0.3, 0.4) is 0 Å². The highest BCUT2D eigenvalue weighted by Gasteiger charge is 2.50. The molecule has 1 amide bonds. The molecule has 9 N–H and O–H groups in total. The Balaban J connectivity index is 1.62. The Morgan fingerprint density at radius 2 is 1.04 bits per heavy atom. The van der Waals surface area contributed by atoms with E-state index in [0.717, 1.165) is 25.7 Å². The molecule has 2 saturated heterocycles. The number of hydrogen-bond acceptors (Lipinski definition) is 13. The molecule has 0 radical (unpaired) electrons. The van der Waals surface area contributed by atoms with Crippen molar-refractivity contribution < 1.29 is 64.6 Å². The van der Waals surface area contributed by atoms with Crippen molar-refractivity contribution in [3.8, 4) is 0 Å². The van der Waals surface area contributed by atoms with Crippen LogP contribution in [0.2, 0.25) is 0 Å². The van der Waals surface area contributed by atoms with E-state index < -0.39 is 86.8 Å². The summed E-state index contributed by atoms with van der Waals surface area (Å²) in [6.07, 6.45) is 9.34. The van der Waals surface area contributed by atoms with Crippen LogP contribution in [0.25, 0.3) is 0 Å². The van der Waals surface area contributed by atoms with Gasteiger partial charge in [-0.3, -0.25) is 4.79 Å². The van der Waals surface area contributed by atoms with E-state index >= 15 is 0 Å². The largest absolute Gasteiger partial charge is 0.394 e.